The van der Waals surface area contributed by atoms with Gasteiger partial charge in [-0.3, -0.25) is 9.52 Å². The molecule has 0 bridgehead atoms. The van der Waals surface area contributed by atoms with Crippen LogP contribution in [0.25, 0.3) is 0 Å². The number of carbonyl (C=O) groups is 1. The maximum atomic E-state index is 12.6. The summed E-state index contributed by atoms with van der Waals surface area (Å²) < 4.78 is 27.8. The normalized spacial score (nSPS) is 17.1. The van der Waals surface area contributed by atoms with Gasteiger partial charge in [-0.05, 0) is 49.2 Å². The van der Waals surface area contributed by atoms with Gasteiger partial charge in [-0.1, -0.05) is 19.1 Å². The Labute approximate surface area is 145 Å². The van der Waals surface area contributed by atoms with E-state index < -0.39 is 10.0 Å². The molecule has 0 radical (unpaired) electrons. The zero-order chi connectivity index (χ0) is 17.3. The number of benzene rings is 2. The molecule has 1 amide bonds. The molecule has 2 N–H and O–H groups in total. The molecule has 0 fully saturated rings. The highest BCUT2D eigenvalue weighted by Crippen LogP contribution is 2.36. The van der Waals surface area contributed by atoms with Crippen molar-refractivity contribution in [3.63, 3.8) is 0 Å². The van der Waals surface area contributed by atoms with Gasteiger partial charge in [-0.2, -0.15) is 0 Å². The molecule has 1 heterocycles. The van der Waals surface area contributed by atoms with E-state index in [0.717, 1.165) is 16.9 Å². The molecule has 1 atom stereocenters. The zero-order valence-corrected chi connectivity index (χ0v) is 15.0. The Balaban J connectivity index is 1.90. The second-order valence-electron chi connectivity index (χ2n) is 5.57. The molecule has 0 aliphatic carbocycles. The summed E-state index contributed by atoms with van der Waals surface area (Å²) in [5.74, 6) is -0.120. The van der Waals surface area contributed by atoms with Crippen molar-refractivity contribution in [3.05, 3.63) is 48.0 Å². The van der Waals surface area contributed by atoms with Gasteiger partial charge in [-0.15, -0.1) is 11.8 Å². The number of aryl methyl sites for hydroxylation is 1. The van der Waals surface area contributed by atoms with Crippen molar-refractivity contribution in [2.45, 2.75) is 35.3 Å². The number of fused-ring (bicyclic) bond motifs is 1. The molecule has 1 aliphatic rings. The van der Waals surface area contributed by atoms with Crippen molar-refractivity contribution in [3.8, 4) is 0 Å². The molecule has 0 saturated carbocycles. The predicted molar refractivity (Wildman–Crippen MR) is 97.0 cm³/mol. The summed E-state index contributed by atoms with van der Waals surface area (Å²) in [5.41, 5.74) is 2.12. The van der Waals surface area contributed by atoms with E-state index in [1.54, 1.807) is 18.2 Å². The SMILES string of the molecule is CCc1cccc(NS(=O)(=O)c2ccc3c(c2)NC(=O)[C@H](C)S3)c1. The zero-order valence-electron chi connectivity index (χ0n) is 13.4. The quantitative estimate of drug-likeness (QED) is 0.873. The van der Waals surface area contributed by atoms with E-state index in [1.807, 2.05) is 32.0 Å². The van der Waals surface area contributed by atoms with Crippen molar-refractivity contribution in [2.24, 2.45) is 0 Å². The summed E-state index contributed by atoms with van der Waals surface area (Å²) in [7, 11) is -3.71. The molecule has 0 unspecified atom stereocenters. The Kier molecular flexibility index (Phi) is 4.56. The van der Waals surface area contributed by atoms with Crippen LogP contribution >= 0.6 is 11.8 Å². The molecule has 2 aromatic carbocycles. The van der Waals surface area contributed by atoms with E-state index in [-0.39, 0.29) is 16.1 Å². The van der Waals surface area contributed by atoms with Crippen LogP contribution in [0.5, 0.6) is 0 Å². The maximum Gasteiger partial charge on any atom is 0.261 e. The number of carbonyl (C=O) groups excluding carboxylic acids is 1. The molecule has 24 heavy (non-hydrogen) atoms. The second-order valence-corrected chi connectivity index (χ2v) is 8.63. The van der Waals surface area contributed by atoms with Gasteiger partial charge in [-0.25, -0.2) is 8.42 Å². The molecular weight excluding hydrogens is 344 g/mol. The first kappa shape index (κ1) is 16.9. The fourth-order valence-corrected chi connectivity index (χ4v) is 4.43. The summed E-state index contributed by atoms with van der Waals surface area (Å²) in [6.07, 6.45) is 0.829. The molecule has 5 nitrogen and oxygen atoms in total. The standard InChI is InChI=1S/C17H18N2O3S2/c1-3-12-5-4-6-13(9-12)19-24(21,22)14-7-8-16-15(10-14)18-17(20)11(2)23-16/h4-11,19H,3H2,1-2H3,(H,18,20)/t11-/m0/s1. The molecule has 0 aromatic heterocycles. The highest BCUT2D eigenvalue weighted by Gasteiger charge is 2.25. The topological polar surface area (TPSA) is 75.3 Å². The lowest BCUT2D eigenvalue weighted by molar-refractivity contribution is -0.115. The second kappa shape index (κ2) is 6.49. The largest absolute Gasteiger partial charge is 0.324 e. The summed E-state index contributed by atoms with van der Waals surface area (Å²) in [6.45, 7) is 3.83. The van der Waals surface area contributed by atoms with Crippen LogP contribution in [0.15, 0.2) is 52.3 Å². The van der Waals surface area contributed by atoms with Gasteiger partial charge >= 0.3 is 0 Å². The number of nitrogens with one attached hydrogen (secondary N) is 2. The Morgan fingerprint density at radius 1 is 1.21 bits per heavy atom. The number of rotatable bonds is 4. The van der Waals surface area contributed by atoms with E-state index >= 15 is 0 Å². The van der Waals surface area contributed by atoms with Crippen molar-refractivity contribution in [2.75, 3.05) is 10.0 Å². The first-order chi connectivity index (χ1) is 11.4. The van der Waals surface area contributed by atoms with Crippen LogP contribution in [0.2, 0.25) is 0 Å². The molecule has 3 rings (SSSR count). The first-order valence-corrected chi connectivity index (χ1v) is 9.98. The summed E-state index contributed by atoms with van der Waals surface area (Å²) in [6, 6.07) is 12.1. The monoisotopic (exact) mass is 362 g/mol. The first-order valence-electron chi connectivity index (χ1n) is 7.62. The van der Waals surface area contributed by atoms with Gasteiger partial charge < -0.3 is 5.32 Å². The Bertz CT molecular complexity index is 894. The highest BCUT2D eigenvalue weighted by atomic mass is 32.2. The minimum absolute atomic E-state index is 0.120. The van der Waals surface area contributed by atoms with Crippen LogP contribution in [0.3, 0.4) is 0 Å². The minimum atomic E-state index is -3.71. The number of thioether (sulfide) groups is 1. The summed E-state index contributed by atoms with van der Waals surface area (Å²) in [4.78, 5) is 12.8. The number of sulfonamides is 1. The van der Waals surface area contributed by atoms with Crippen LogP contribution < -0.4 is 10.0 Å². The van der Waals surface area contributed by atoms with Crippen LogP contribution in [0.4, 0.5) is 11.4 Å². The van der Waals surface area contributed by atoms with E-state index in [4.69, 9.17) is 0 Å². The number of anilines is 2. The molecule has 0 saturated heterocycles. The number of hydrogen-bond donors (Lipinski definition) is 2. The number of hydrogen-bond acceptors (Lipinski definition) is 4. The van der Waals surface area contributed by atoms with Gasteiger partial charge in [0, 0.05) is 10.6 Å². The van der Waals surface area contributed by atoms with Crippen LogP contribution in [0.1, 0.15) is 19.4 Å². The maximum absolute atomic E-state index is 12.6. The van der Waals surface area contributed by atoms with Gasteiger partial charge in [0.2, 0.25) is 5.91 Å². The predicted octanol–water partition coefficient (Wildman–Crippen LogP) is 3.48. The minimum Gasteiger partial charge on any atom is -0.324 e. The van der Waals surface area contributed by atoms with Crippen LogP contribution in [-0.4, -0.2) is 19.6 Å². The fourth-order valence-electron chi connectivity index (χ4n) is 2.42. The average molecular weight is 362 g/mol. The molecule has 1 aliphatic heterocycles. The van der Waals surface area contributed by atoms with Crippen molar-refractivity contribution in [1.29, 1.82) is 0 Å². The third-order valence-electron chi connectivity index (χ3n) is 3.78. The van der Waals surface area contributed by atoms with E-state index in [9.17, 15) is 13.2 Å². The molecular formula is C17H18N2O3S2. The third kappa shape index (κ3) is 3.42. The van der Waals surface area contributed by atoms with Gasteiger partial charge in [0.15, 0.2) is 0 Å². The smallest absolute Gasteiger partial charge is 0.261 e. The lowest BCUT2D eigenvalue weighted by Gasteiger charge is -2.22. The van der Waals surface area contributed by atoms with E-state index in [2.05, 4.69) is 10.0 Å². The Morgan fingerprint density at radius 2 is 2.00 bits per heavy atom. The number of amides is 1. The van der Waals surface area contributed by atoms with Gasteiger partial charge in [0.05, 0.1) is 15.8 Å². The van der Waals surface area contributed by atoms with Gasteiger partial charge in [0.25, 0.3) is 10.0 Å². The molecule has 126 valence electrons. The lowest BCUT2D eigenvalue weighted by Crippen LogP contribution is -2.26. The summed E-state index contributed by atoms with van der Waals surface area (Å²) in [5, 5.41) is 2.57. The van der Waals surface area contributed by atoms with Crippen molar-refractivity contribution < 1.29 is 13.2 Å². The third-order valence-corrected chi connectivity index (χ3v) is 6.34. The Hall–Kier alpha value is -1.99. The highest BCUT2D eigenvalue weighted by molar-refractivity contribution is 8.01. The Morgan fingerprint density at radius 3 is 2.75 bits per heavy atom. The van der Waals surface area contributed by atoms with Crippen LogP contribution in [0, 0.1) is 0 Å². The average Bonchev–Trinajstić information content (AvgIpc) is 2.55. The fraction of sp³-hybridized carbons (Fsp3) is 0.235. The van der Waals surface area contributed by atoms with Gasteiger partial charge in [0.1, 0.15) is 0 Å². The van der Waals surface area contributed by atoms with E-state index in [1.165, 1.54) is 17.8 Å². The lowest BCUT2D eigenvalue weighted by atomic mass is 10.1. The van der Waals surface area contributed by atoms with E-state index in [0.29, 0.717) is 11.4 Å². The molecule has 2 aromatic rings. The van der Waals surface area contributed by atoms with Crippen molar-refractivity contribution in [1.82, 2.24) is 0 Å². The molecule has 0 spiro atoms. The van der Waals surface area contributed by atoms with Crippen LogP contribution in [-0.2, 0) is 21.2 Å². The summed E-state index contributed by atoms with van der Waals surface area (Å²) >= 11 is 1.42. The van der Waals surface area contributed by atoms with Crippen molar-refractivity contribution >= 4 is 39.1 Å². The molecule has 7 heteroatoms.